The number of nitrogens with zero attached hydrogens (tertiary/aromatic N) is 3. The molecule has 0 saturated carbocycles. The van der Waals surface area contributed by atoms with Crippen molar-refractivity contribution in [3.8, 4) is 0 Å². The number of methoxy groups -OCH3 is 1. The Hall–Kier alpha value is -2.92. The van der Waals surface area contributed by atoms with E-state index in [-0.39, 0.29) is 6.04 Å². The van der Waals surface area contributed by atoms with Crippen LogP contribution in [0.4, 0.5) is 0 Å². The van der Waals surface area contributed by atoms with Gasteiger partial charge in [0.2, 0.25) is 5.88 Å². The Balaban J connectivity index is 1.68. The third-order valence-corrected chi connectivity index (χ3v) is 6.14. The van der Waals surface area contributed by atoms with Gasteiger partial charge in [-0.25, -0.2) is 9.98 Å². The molecule has 5 heteroatoms. The average molecular weight is 434 g/mol. The van der Waals surface area contributed by atoms with Crippen LogP contribution in [0, 0.1) is 6.92 Å². The monoisotopic (exact) mass is 433 g/mol. The molecule has 1 aromatic carbocycles. The number of unbranched alkanes of at least 4 members (excludes halogenated alkanes) is 2. The summed E-state index contributed by atoms with van der Waals surface area (Å²) < 4.78 is 5.60. The third kappa shape index (κ3) is 5.61. The summed E-state index contributed by atoms with van der Waals surface area (Å²) in [5.41, 5.74) is 5.24. The molecule has 1 atom stereocenters. The zero-order valence-electron chi connectivity index (χ0n) is 18.7. The molecular formula is C26H31N3OS. The average Bonchev–Trinajstić information content (AvgIpc) is 3.20. The lowest BCUT2D eigenvalue weighted by atomic mass is 10.0. The quantitative estimate of drug-likeness (QED) is 0.327. The molecule has 0 radical (unpaired) electrons. The minimum atomic E-state index is -0.0351. The van der Waals surface area contributed by atoms with Gasteiger partial charge >= 0.3 is 0 Å². The van der Waals surface area contributed by atoms with Crippen molar-refractivity contribution in [1.82, 2.24) is 9.88 Å². The molecule has 0 saturated heterocycles. The Morgan fingerprint density at radius 2 is 2.10 bits per heavy atom. The molecular weight excluding hydrogens is 402 g/mol. The van der Waals surface area contributed by atoms with Crippen LogP contribution in [0.3, 0.4) is 0 Å². The number of aryl methyl sites for hydroxylation is 2. The van der Waals surface area contributed by atoms with E-state index >= 15 is 0 Å². The molecule has 0 fully saturated rings. The van der Waals surface area contributed by atoms with Crippen molar-refractivity contribution in [3.05, 3.63) is 88.7 Å². The summed E-state index contributed by atoms with van der Waals surface area (Å²) in [7, 11) is 3.68. The maximum Gasteiger partial charge on any atom is 0.238 e. The summed E-state index contributed by atoms with van der Waals surface area (Å²) in [6, 6.07) is 8.42. The maximum atomic E-state index is 5.60. The second-order valence-corrected chi connectivity index (χ2v) is 8.58. The smallest absolute Gasteiger partial charge is 0.238 e. The first-order valence-corrected chi connectivity index (χ1v) is 11.5. The summed E-state index contributed by atoms with van der Waals surface area (Å²) in [4.78, 5) is 11.3. The van der Waals surface area contributed by atoms with E-state index in [1.54, 1.807) is 24.5 Å². The normalized spacial score (nSPS) is 16.5. The van der Waals surface area contributed by atoms with Crippen LogP contribution < -0.4 is 0 Å². The molecule has 0 aliphatic carbocycles. The number of benzene rings is 1. The molecule has 1 aliphatic rings. The molecule has 0 amide bonds. The Morgan fingerprint density at radius 1 is 1.26 bits per heavy atom. The number of ether oxygens (including phenoxy) is 1. The highest BCUT2D eigenvalue weighted by atomic mass is 32.1. The van der Waals surface area contributed by atoms with Crippen molar-refractivity contribution in [2.24, 2.45) is 4.99 Å². The molecule has 1 aliphatic heterocycles. The summed E-state index contributed by atoms with van der Waals surface area (Å²) in [5, 5.41) is 3.32. The molecule has 4 nitrogen and oxygen atoms in total. The van der Waals surface area contributed by atoms with Gasteiger partial charge in [-0.3, -0.25) is 0 Å². The third-order valence-electron chi connectivity index (χ3n) is 5.32. The van der Waals surface area contributed by atoms with Crippen LogP contribution in [0.15, 0.2) is 71.9 Å². The Kier molecular flexibility index (Phi) is 8.01. The molecule has 2 aromatic rings. The van der Waals surface area contributed by atoms with Crippen molar-refractivity contribution in [1.29, 1.82) is 0 Å². The van der Waals surface area contributed by atoms with E-state index in [9.17, 15) is 0 Å². The molecule has 0 bridgehead atoms. The van der Waals surface area contributed by atoms with Crippen LogP contribution in [0.5, 0.6) is 0 Å². The van der Waals surface area contributed by atoms with Gasteiger partial charge in [0, 0.05) is 18.0 Å². The van der Waals surface area contributed by atoms with Gasteiger partial charge in [-0.1, -0.05) is 43.0 Å². The van der Waals surface area contributed by atoms with Crippen molar-refractivity contribution in [2.75, 3.05) is 14.2 Å². The molecule has 31 heavy (non-hydrogen) atoms. The lowest BCUT2D eigenvalue weighted by Crippen LogP contribution is -2.38. The second kappa shape index (κ2) is 10.9. The lowest BCUT2D eigenvalue weighted by Gasteiger charge is -2.34. The number of hydrogen-bond donors (Lipinski definition) is 0. The number of likely N-dealkylation sites (N-methyl/N-ethyl adjacent to an activating group) is 1. The Labute approximate surface area is 190 Å². The number of allylic oxidation sites excluding steroid dienone is 1. The highest BCUT2D eigenvalue weighted by molar-refractivity contribution is 7.09. The highest BCUT2D eigenvalue weighted by Crippen LogP contribution is 2.31. The van der Waals surface area contributed by atoms with Gasteiger partial charge in [0.25, 0.3) is 0 Å². The molecule has 1 aromatic heterocycles. The van der Waals surface area contributed by atoms with E-state index in [4.69, 9.17) is 4.74 Å². The number of aliphatic imine (C=N–C) groups is 1. The van der Waals surface area contributed by atoms with Crippen molar-refractivity contribution >= 4 is 28.8 Å². The molecule has 0 spiro atoms. The number of thiazole rings is 1. The number of hydrogen-bond acceptors (Lipinski definition) is 5. The molecule has 3 rings (SSSR count). The Bertz CT molecular complexity index is 1020. The van der Waals surface area contributed by atoms with Gasteiger partial charge in [0.05, 0.1) is 29.6 Å². The van der Waals surface area contributed by atoms with E-state index in [0.717, 1.165) is 53.2 Å². The van der Waals surface area contributed by atoms with Gasteiger partial charge in [-0.2, -0.15) is 0 Å². The van der Waals surface area contributed by atoms with Crippen LogP contribution >= 0.6 is 11.3 Å². The first-order valence-electron chi connectivity index (χ1n) is 10.6. The molecule has 2 heterocycles. The first-order chi connectivity index (χ1) is 15.1. The van der Waals surface area contributed by atoms with Gasteiger partial charge < -0.3 is 9.64 Å². The maximum absolute atomic E-state index is 5.60. The summed E-state index contributed by atoms with van der Waals surface area (Å²) >= 11 is 1.73. The van der Waals surface area contributed by atoms with E-state index in [1.165, 1.54) is 5.69 Å². The minimum absolute atomic E-state index is 0.0351. The zero-order valence-corrected chi connectivity index (χ0v) is 19.5. The van der Waals surface area contributed by atoms with Gasteiger partial charge in [-0.15, -0.1) is 17.9 Å². The minimum Gasteiger partial charge on any atom is -0.479 e. The fourth-order valence-corrected chi connectivity index (χ4v) is 4.39. The van der Waals surface area contributed by atoms with Gasteiger partial charge in [0.15, 0.2) is 0 Å². The first kappa shape index (κ1) is 22.8. The summed E-state index contributed by atoms with van der Waals surface area (Å²) in [5.74, 6) is 0.592. The van der Waals surface area contributed by atoms with E-state index < -0.39 is 0 Å². The van der Waals surface area contributed by atoms with Gasteiger partial charge in [0.1, 0.15) is 5.70 Å². The highest BCUT2D eigenvalue weighted by Gasteiger charge is 2.27. The van der Waals surface area contributed by atoms with E-state index in [0.29, 0.717) is 5.88 Å². The molecule has 0 N–H and O–H groups in total. The van der Waals surface area contributed by atoms with Crippen LogP contribution in [0.2, 0.25) is 0 Å². The predicted octanol–water partition coefficient (Wildman–Crippen LogP) is 6.28. The lowest BCUT2D eigenvalue weighted by molar-refractivity contribution is 0.275. The summed E-state index contributed by atoms with van der Waals surface area (Å²) in [6.45, 7) is 9.90. The fraction of sp³-hybridized carbons (Fsp3) is 0.308. The van der Waals surface area contributed by atoms with Crippen LogP contribution in [-0.4, -0.2) is 35.8 Å². The van der Waals surface area contributed by atoms with Crippen LogP contribution in [-0.2, 0) is 11.2 Å². The second-order valence-electron chi connectivity index (χ2n) is 7.52. The van der Waals surface area contributed by atoms with Crippen LogP contribution in [0.1, 0.15) is 41.1 Å². The summed E-state index contributed by atoms with van der Waals surface area (Å²) in [6.07, 6.45) is 12.5. The molecule has 1 unspecified atom stereocenters. The number of rotatable bonds is 10. The van der Waals surface area contributed by atoms with Crippen molar-refractivity contribution in [2.45, 2.75) is 38.6 Å². The van der Waals surface area contributed by atoms with Crippen LogP contribution in [0.25, 0.3) is 11.8 Å². The zero-order chi connectivity index (χ0) is 22.2. The van der Waals surface area contributed by atoms with Gasteiger partial charge in [-0.05, 0) is 50.3 Å². The standard InChI is InChI=1S/C26H31N3OS/c1-6-23-24(7-2)29(4)25(26(28-23)30-5)21-15-12-14-20(17-21)13-10-8-9-11-16-22-18-31-19(3)27-22/h6-7,10,12-15,17-18,24H,1-2,8-9,11,16H2,3-5H3/b13-10+. The van der Waals surface area contributed by atoms with E-state index in [1.807, 2.05) is 13.1 Å². The number of aromatic nitrogens is 1. The van der Waals surface area contributed by atoms with Crippen molar-refractivity contribution in [3.63, 3.8) is 0 Å². The SMILES string of the molecule is C=CC1=NC(OC)=C(c2cccc(/C=C/CCCCc3csc(C)n3)c2)N(C)C1C=C. The largest absolute Gasteiger partial charge is 0.479 e. The van der Waals surface area contributed by atoms with E-state index in [2.05, 4.69) is 76.8 Å². The van der Waals surface area contributed by atoms with Crippen molar-refractivity contribution < 1.29 is 4.74 Å². The fourth-order valence-electron chi connectivity index (χ4n) is 3.74. The topological polar surface area (TPSA) is 37.7 Å². The predicted molar refractivity (Wildman–Crippen MR) is 133 cm³/mol. The Morgan fingerprint density at radius 3 is 2.77 bits per heavy atom. The molecule has 162 valence electrons.